The van der Waals surface area contributed by atoms with Crippen LogP contribution in [0.3, 0.4) is 0 Å². The van der Waals surface area contributed by atoms with Crippen molar-refractivity contribution < 1.29 is 18.3 Å². The highest BCUT2D eigenvalue weighted by Crippen LogP contribution is 2.25. The molecule has 0 bridgehead atoms. The van der Waals surface area contributed by atoms with Crippen molar-refractivity contribution in [2.75, 3.05) is 43.5 Å². The van der Waals surface area contributed by atoms with Gasteiger partial charge in [0.15, 0.2) is 11.6 Å². The van der Waals surface area contributed by atoms with Crippen molar-refractivity contribution in [3.05, 3.63) is 42.4 Å². The molecule has 0 aliphatic carbocycles. The van der Waals surface area contributed by atoms with Gasteiger partial charge in [0.2, 0.25) is 0 Å². The summed E-state index contributed by atoms with van der Waals surface area (Å²) in [6, 6.07) is 3.41. The smallest absolute Gasteiger partial charge is 0.323 e. The number of methoxy groups -OCH3 is 1. The number of piperazine rings is 1. The summed E-state index contributed by atoms with van der Waals surface area (Å²) in [5.74, 6) is -0.597. The predicted molar refractivity (Wildman–Crippen MR) is 87.7 cm³/mol. The van der Waals surface area contributed by atoms with Crippen molar-refractivity contribution in [2.24, 2.45) is 0 Å². The fourth-order valence-corrected chi connectivity index (χ4v) is 2.66. The van der Waals surface area contributed by atoms with Crippen LogP contribution in [0.15, 0.2) is 30.7 Å². The third-order valence-corrected chi connectivity index (χ3v) is 3.94. The van der Waals surface area contributed by atoms with Crippen molar-refractivity contribution in [1.82, 2.24) is 14.9 Å². The van der Waals surface area contributed by atoms with Crippen molar-refractivity contribution in [2.45, 2.75) is 0 Å². The van der Waals surface area contributed by atoms with Crippen LogP contribution in [-0.4, -0.2) is 54.2 Å². The number of rotatable bonds is 3. The second-order valence-electron chi connectivity index (χ2n) is 5.41. The molecular formula is C16H17F2N5O2. The standard InChI is InChI=1S/C16H17F2N5O2/c1-25-13-9-19-10-20-15(13)21-16(24)23-7-5-22(6-8-23)14-11(17)3-2-4-12(14)18/h2-4,9-10H,5-8H2,1H3,(H,19,20,21,24). The number of anilines is 2. The molecule has 9 heteroatoms. The fraction of sp³-hybridized carbons (Fsp3) is 0.312. The first kappa shape index (κ1) is 16.9. The number of aromatic nitrogens is 2. The van der Waals surface area contributed by atoms with Gasteiger partial charge in [0.1, 0.15) is 23.6 Å². The van der Waals surface area contributed by atoms with Gasteiger partial charge in [-0.1, -0.05) is 6.07 Å². The van der Waals surface area contributed by atoms with E-state index in [0.29, 0.717) is 31.9 Å². The highest BCUT2D eigenvalue weighted by Gasteiger charge is 2.25. The van der Waals surface area contributed by atoms with Gasteiger partial charge in [0.05, 0.1) is 13.3 Å². The highest BCUT2D eigenvalue weighted by atomic mass is 19.1. The number of ether oxygens (including phenoxy) is 1. The number of amides is 2. The molecule has 2 amide bonds. The van der Waals surface area contributed by atoms with Gasteiger partial charge in [0.25, 0.3) is 0 Å². The average molecular weight is 349 g/mol. The molecule has 0 atom stereocenters. The second kappa shape index (κ2) is 7.29. The van der Waals surface area contributed by atoms with Crippen LogP contribution < -0.4 is 15.0 Å². The zero-order valence-corrected chi connectivity index (χ0v) is 13.6. The first-order valence-corrected chi connectivity index (χ1v) is 7.69. The van der Waals surface area contributed by atoms with Gasteiger partial charge >= 0.3 is 6.03 Å². The van der Waals surface area contributed by atoms with Crippen LogP contribution in [0.25, 0.3) is 0 Å². The molecule has 1 aliphatic heterocycles. The lowest BCUT2D eigenvalue weighted by molar-refractivity contribution is 0.207. The zero-order valence-electron chi connectivity index (χ0n) is 13.6. The molecule has 1 N–H and O–H groups in total. The number of hydrogen-bond donors (Lipinski definition) is 1. The van der Waals surface area contributed by atoms with Gasteiger partial charge in [0, 0.05) is 26.2 Å². The summed E-state index contributed by atoms with van der Waals surface area (Å²) in [4.78, 5) is 23.3. The summed E-state index contributed by atoms with van der Waals surface area (Å²) in [7, 11) is 1.45. The Morgan fingerprint density at radius 3 is 2.52 bits per heavy atom. The largest absolute Gasteiger partial charge is 0.491 e. The Hall–Kier alpha value is -2.97. The number of carbonyl (C=O) groups excluding carboxylic acids is 1. The average Bonchev–Trinajstić information content (AvgIpc) is 2.62. The van der Waals surface area contributed by atoms with Gasteiger partial charge in [-0.25, -0.2) is 23.5 Å². The Labute approximate surface area is 143 Å². The molecule has 132 valence electrons. The molecule has 7 nitrogen and oxygen atoms in total. The van der Waals surface area contributed by atoms with Gasteiger partial charge in [-0.15, -0.1) is 0 Å². The van der Waals surface area contributed by atoms with Crippen LogP contribution in [0, 0.1) is 11.6 Å². The van der Waals surface area contributed by atoms with Crippen molar-refractivity contribution in [1.29, 1.82) is 0 Å². The number of para-hydroxylation sites is 1. The third kappa shape index (κ3) is 3.59. The van der Waals surface area contributed by atoms with E-state index in [1.807, 2.05) is 0 Å². The summed E-state index contributed by atoms with van der Waals surface area (Å²) in [6.07, 6.45) is 2.75. The SMILES string of the molecule is COc1cncnc1NC(=O)N1CCN(c2c(F)cccc2F)CC1. The van der Waals surface area contributed by atoms with Gasteiger partial charge < -0.3 is 14.5 Å². The van der Waals surface area contributed by atoms with E-state index in [4.69, 9.17) is 4.74 Å². The number of hydrogen-bond acceptors (Lipinski definition) is 5. The van der Waals surface area contributed by atoms with Crippen molar-refractivity contribution in [3.63, 3.8) is 0 Å². The molecule has 1 aromatic carbocycles. The van der Waals surface area contributed by atoms with Crippen LogP contribution in [0.1, 0.15) is 0 Å². The predicted octanol–water partition coefficient (Wildman–Crippen LogP) is 2.12. The van der Waals surface area contributed by atoms with Crippen LogP contribution >= 0.6 is 0 Å². The highest BCUT2D eigenvalue weighted by molar-refractivity contribution is 5.89. The molecule has 0 spiro atoms. The summed E-state index contributed by atoms with van der Waals surface area (Å²) in [5, 5.41) is 2.65. The Kier molecular flexibility index (Phi) is 4.92. The first-order valence-electron chi connectivity index (χ1n) is 7.69. The summed E-state index contributed by atoms with van der Waals surface area (Å²) in [6.45, 7) is 1.30. The number of nitrogens with zero attached hydrogens (tertiary/aromatic N) is 4. The lowest BCUT2D eigenvalue weighted by Crippen LogP contribution is -2.50. The Morgan fingerprint density at radius 1 is 1.20 bits per heavy atom. The third-order valence-electron chi connectivity index (χ3n) is 3.94. The molecule has 1 fully saturated rings. The minimum Gasteiger partial charge on any atom is -0.491 e. The quantitative estimate of drug-likeness (QED) is 0.919. The molecule has 1 saturated heterocycles. The monoisotopic (exact) mass is 349 g/mol. The molecule has 2 heterocycles. The van der Waals surface area contributed by atoms with E-state index in [-0.39, 0.29) is 17.5 Å². The maximum absolute atomic E-state index is 13.9. The van der Waals surface area contributed by atoms with Crippen LogP contribution in [0.2, 0.25) is 0 Å². The van der Waals surface area contributed by atoms with E-state index in [9.17, 15) is 13.6 Å². The summed E-state index contributed by atoms with van der Waals surface area (Å²) in [5.41, 5.74) is -0.0555. The second-order valence-corrected chi connectivity index (χ2v) is 5.41. The van der Waals surface area contributed by atoms with E-state index in [0.717, 1.165) is 0 Å². The lowest BCUT2D eigenvalue weighted by Gasteiger charge is -2.36. The molecule has 1 aliphatic rings. The molecule has 2 aromatic rings. The summed E-state index contributed by atoms with van der Waals surface area (Å²) >= 11 is 0. The normalized spacial score (nSPS) is 14.4. The molecule has 0 unspecified atom stereocenters. The minimum atomic E-state index is -0.608. The minimum absolute atomic E-state index is 0.0555. The van der Waals surface area contributed by atoms with E-state index < -0.39 is 11.6 Å². The molecule has 0 radical (unpaired) electrons. The molecule has 3 rings (SSSR count). The summed E-state index contributed by atoms with van der Waals surface area (Å²) < 4.78 is 32.8. The van der Waals surface area contributed by atoms with Crippen LogP contribution in [-0.2, 0) is 0 Å². The fourth-order valence-electron chi connectivity index (χ4n) is 2.66. The number of benzene rings is 1. The zero-order chi connectivity index (χ0) is 17.8. The maximum atomic E-state index is 13.9. The van der Waals surface area contributed by atoms with Gasteiger partial charge in [-0.3, -0.25) is 5.32 Å². The molecule has 25 heavy (non-hydrogen) atoms. The van der Waals surface area contributed by atoms with E-state index in [1.54, 1.807) is 9.80 Å². The van der Waals surface area contributed by atoms with E-state index >= 15 is 0 Å². The van der Waals surface area contributed by atoms with E-state index in [1.165, 1.54) is 37.8 Å². The number of carbonyl (C=O) groups is 1. The lowest BCUT2D eigenvalue weighted by atomic mass is 10.2. The number of urea groups is 1. The van der Waals surface area contributed by atoms with Crippen LogP contribution in [0.4, 0.5) is 25.1 Å². The molecule has 0 saturated carbocycles. The first-order chi connectivity index (χ1) is 12.1. The Morgan fingerprint density at radius 2 is 1.88 bits per heavy atom. The molecular weight excluding hydrogens is 332 g/mol. The van der Waals surface area contributed by atoms with Crippen molar-refractivity contribution in [3.8, 4) is 5.75 Å². The topological polar surface area (TPSA) is 70.6 Å². The van der Waals surface area contributed by atoms with Crippen molar-refractivity contribution >= 4 is 17.5 Å². The van der Waals surface area contributed by atoms with E-state index in [2.05, 4.69) is 15.3 Å². The van der Waals surface area contributed by atoms with Gasteiger partial charge in [-0.2, -0.15) is 0 Å². The van der Waals surface area contributed by atoms with Crippen LogP contribution in [0.5, 0.6) is 5.75 Å². The number of halogens is 2. The Balaban J connectivity index is 1.63. The van der Waals surface area contributed by atoms with Gasteiger partial charge in [-0.05, 0) is 12.1 Å². The Bertz CT molecular complexity index is 746. The maximum Gasteiger partial charge on any atom is 0.323 e. The molecule has 1 aromatic heterocycles. The number of nitrogens with one attached hydrogen (secondary N) is 1.